The Morgan fingerprint density at radius 2 is 2.18 bits per heavy atom. The van der Waals surface area contributed by atoms with Gasteiger partial charge in [0.2, 0.25) is 0 Å². The highest BCUT2D eigenvalue weighted by Crippen LogP contribution is 2.27. The largest absolute Gasteiger partial charge is 0.328 e. The fraction of sp³-hybridized carbons (Fsp3) is 0.143. The van der Waals surface area contributed by atoms with Crippen LogP contribution in [0.2, 0.25) is 0 Å². The molecule has 0 fully saturated rings. The van der Waals surface area contributed by atoms with Crippen LogP contribution in [0.4, 0.5) is 4.39 Å². The summed E-state index contributed by atoms with van der Waals surface area (Å²) in [4.78, 5) is 21.8. The highest BCUT2D eigenvalue weighted by atomic mass is 19.1. The molecule has 6 nitrogen and oxygen atoms in total. The lowest BCUT2D eigenvalue weighted by Gasteiger charge is -2.16. The molecular formula is C21H16FN5O. The molecule has 28 heavy (non-hydrogen) atoms. The summed E-state index contributed by atoms with van der Waals surface area (Å²) in [5, 5.41) is 4.43. The van der Waals surface area contributed by atoms with E-state index in [9.17, 15) is 9.18 Å². The third-order valence-electron chi connectivity index (χ3n) is 4.60. The van der Waals surface area contributed by atoms with Crippen molar-refractivity contribution in [3.8, 4) is 11.1 Å². The topological polar surface area (TPSA) is 63.9 Å². The van der Waals surface area contributed by atoms with Crippen molar-refractivity contribution in [2.75, 3.05) is 0 Å². The standard InChI is InChI=1S/C21H16FN5O/c1-26-10-16-7-15(9-24-20(16)25-26)13-4-5-14(18(22)8-13)11-27-12-19-17(21(27)28)3-2-6-23-19/h2-10H,11-12H2,1H3/i1D3,12D2. The van der Waals surface area contributed by atoms with Gasteiger partial charge in [-0.15, -0.1) is 0 Å². The van der Waals surface area contributed by atoms with Crippen LogP contribution in [-0.4, -0.2) is 30.6 Å². The number of carbonyl (C=O) groups is 1. The van der Waals surface area contributed by atoms with Gasteiger partial charge in [0.1, 0.15) is 5.82 Å². The number of fused-ring (bicyclic) bond motifs is 2. The van der Waals surface area contributed by atoms with E-state index in [0.29, 0.717) is 16.5 Å². The van der Waals surface area contributed by atoms with Crippen molar-refractivity contribution in [2.24, 2.45) is 6.98 Å². The molecule has 0 radical (unpaired) electrons. The summed E-state index contributed by atoms with van der Waals surface area (Å²) in [5.74, 6) is -1.16. The number of rotatable bonds is 3. The molecule has 4 aromatic rings. The predicted octanol–water partition coefficient (Wildman–Crippen LogP) is 3.33. The van der Waals surface area contributed by atoms with E-state index in [1.165, 1.54) is 36.8 Å². The van der Waals surface area contributed by atoms with E-state index in [2.05, 4.69) is 15.1 Å². The van der Waals surface area contributed by atoms with Crippen LogP contribution >= 0.6 is 0 Å². The van der Waals surface area contributed by atoms with Crippen LogP contribution in [0.5, 0.6) is 0 Å². The van der Waals surface area contributed by atoms with Gasteiger partial charge in [-0.1, -0.05) is 12.1 Å². The highest BCUT2D eigenvalue weighted by molar-refractivity contribution is 5.97. The lowest BCUT2D eigenvalue weighted by atomic mass is 10.0. The summed E-state index contributed by atoms with van der Waals surface area (Å²) in [6.07, 6.45) is 4.24. The zero-order valence-corrected chi connectivity index (χ0v) is 14.4. The summed E-state index contributed by atoms with van der Waals surface area (Å²) >= 11 is 0. The lowest BCUT2D eigenvalue weighted by Crippen LogP contribution is -2.23. The Labute approximate surface area is 167 Å². The number of nitrogens with zero attached hydrogens (tertiary/aromatic N) is 5. The van der Waals surface area contributed by atoms with Crippen LogP contribution in [0.3, 0.4) is 0 Å². The monoisotopic (exact) mass is 378 g/mol. The number of aryl methyl sites for hydroxylation is 1. The van der Waals surface area contributed by atoms with Gasteiger partial charge < -0.3 is 4.90 Å². The Hall–Kier alpha value is -3.61. The Morgan fingerprint density at radius 1 is 1.25 bits per heavy atom. The van der Waals surface area contributed by atoms with Gasteiger partial charge in [0, 0.05) is 52.7 Å². The molecule has 0 spiro atoms. The summed E-state index contributed by atoms with van der Waals surface area (Å²) in [7, 11) is 0. The fourth-order valence-electron chi connectivity index (χ4n) is 3.20. The second-order valence-electron chi connectivity index (χ2n) is 6.42. The van der Waals surface area contributed by atoms with Gasteiger partial charge in [-0.05, 0) is 29.8 Å². The fourth-order valence-corrected chi connectivity index (χ4v) is 3.20. The third-order valence-corrected chi connectivity index (χ3v) is 4.60. The second kappa shape index (κ2) is 6.23. The molecule has 1 aliphatic heterocycles. The van der Waals surface area contributed by atoms with Crippen LogP contribution < -0.4 is 0 Å². The van der Waals surface area contributed by atoms with Crippen molar-refractivity contribution in [1.82, 2.24) is 24.6 Å². The molecule has 138 valence electrons. The van der Waals surface area contributed by atoms with Gasteiger partial charge in [0.15, 0.2) is 5.65 Å². The van der Waals surface area contributed by atoms with Crippen molar-refractivity contribution in [3.63, 3.8) is 0 Å². The van der Waals surface area contributed by atoms with Crippen molar-refractivity contribution in [1.29, 1.82) is 0 Å². The van der Waals surface area contributed by atoms with E-state index in [0.717, 1.165) is 9.58 Å². The summed E-state index contributed by atoms with van der Waals surface area (Å²) < 4.78 is 54.8. The first-order chi connectivity index (χ1) is 15.6. The van der Waals surface area contributed by atoms with Crippen molar-refractivity contribution in [2.45, 2.75) is 13.0 Å². The highest BCUT2D eigenvalue weighted by Gasteiger charge is 2.28. The number of hydrogen-bond acceptors (Lipinski definition) is 4. The predicted molar refractivity (Wildman–Crippen MR) is 102 cm³/mol. The van der Waals surface area contributed by atoms with Crippen molar-refractivity contribution >= 4 is 16.9 Å². The number of pyridine rings is 2. The van der Waals surface area contributed by atoms with E-state index < -0.39 is 25.2 Å². The molecule has 0 unspecified atom stereocenters. The van der Waals surface area contributed by atoms with Gasteiger partial charge in [-0.3, -0.25) is 14.5 Å². The smallest absolute Gasteiger partial charge is 0.256 e. The average Bonchev–Trinajstić information content (AvgIpc) is 3.28. The molecule has 0 saturated carbocycles. The van der Waals surface area contributed by atoms with E-state index in [1.54, 1.807) is 18.2 Å². The molecule has 0 aliphatic carbocycles. The molecule has 7 heteroatoms. The molecule has 1 aromatic carbocycles. The Morgan fingerprint density at radius 3 is 3.00 bits per heavy atom. The van der Waals surface area contributed by atoms with E-state index in [-0.39, 0.29) is 29.0 Å². The Bertz CT molecular complexity index is 1420. The number of aromatic nitrogens is 4. The second-order valence-corrected chi connectivity index (χ2v) is 6.42. The lowest BCUT2D eigenvalue weighted by molar-refractivity contribution is 0.0765. The van der Waals surface area contributed by atoms with Crippen LogP contribution in [0.15, 0.2) is 55.0 Å². The third kappa shape index (κ3) is 2.72. The zero-order chi connectivity index (χ0) is 23.5. The number of halogens is 1. The van der Waals surface area contributed by atoms with Crippen molar-refractivity contribution in [3.05, 3.63) is 77.6 Å². The number of hydrogen-bond donors (Lipinski definition) is 0. The molecular weight excluding hydrogens is 357 g/mol. The summed E-state index contributed by atoms with van der Waals surface area (Å²) in [5.41, 5.74) is 1.64. The minimum absolute atomic E-state index is 0.0176. The first kappa shape index (κ1) is 12.0. The first-order valence-electron chi connectivity index (χ1n) is 11.0. The normalized spacial score (nSPS) is 18.2. The molecule has 0 N–H and O–H groups in total. The maximum Gasteiger partial charge on any atom is 0.256 e. The minimum Gasteiger partial charge on any atom is -0.328 e. The van der Waals surface area contributed by atoms with Crippen LogP contribution in [-0.2, 0) is 20.0 Å². The minimum atomic E-state index is -2.43. The Balaban J connectivity index is 1.44. The molecule has 1 amide bonds. The van der Waals surface area contributed by atoms with Gasteiger partial charge in [0.05, 0.1) is 20.5 Å². The molecule has 1 aliphatic rings. The molecule has 0 bridgehead atoms. The Kier molecular flexibility index (Phi) is 2.66. The molecule has 0 saturated heterocycles. The van der Waals surface area contributed by atoms with Gasteiger partial charge in [0.25, 0.3) is 5.91 Å². The van der Waals surface area contributed by atoms with E-state index in [4.69, 9.17) is 6.85 Å². The van der Waals surface area contributed by atoms with Crippen LogP contribution in [0.1, 0.15) is 28.5 Å². The molecule has 3 aromatic heterocycles. The number of amides is 1. The number of benzene rings is 1. The molecule has 0 atom stereocenters. The van der Waals surface area contributed by atoms with E-state index >= 15 is 0 Å². The van der Waals surface area contributed by atoms with Gasteiger partial charge in [-0.2, -0.15) is 5.10 Å². The molecule has 5 rings (SSSR count). The molecule has 4 heterocycles. The quantitative estimate of drug-likeness (QED) is 0.549. The van der Waals surface area contributed by atoms with Gasteiger partial charge in [-0.25, -0.2) is 9.37 Å². The van der Waals surface area contributed by atoms with Crippen LogP contribution in [0.25, 0.3) is 22.2 Å². The van der Waals surface area contributed by atoms with Crippen molar-refractivity contribution < 1.29 is 16.0 Å². The SMILES string of the molecule is [2H]C1([2H])c2ncccc2C(=O)N1Cc1ccc(-c2cnc3nn(C([2H])([2H])[2H])cc3c2)cc1F. The van der Waals surface area contributed by atoms with E-state index in [1.807, 2.05) is 0 Å². The zero-order valence-electron chi connectivity index (χ0n) is 19.4. The van der Waals surface area contributed by atoms with Gasteiger partial charge >= 0.3 is 0 Å². The number of carbonyl (C=O) groups excluding carboxylic acids is 1. The maximum atomic E-state index is 15.0. The summed E-state index contributed by atoms with van der Waals surface area (Å²) in [6, 6.07) is 9.11. The summed E-state index contributed by atoms with van der Waals surface area (Å²) in [6.45, 7) is -4.85. The first-order valence-corrected chi connectivity index (χ1v) is 8.48. The average molecular weight is 378 g/mol. The maximum absolute atomic E-state index is 15.0. The van der Waals surface area contributed by atoms with Crippen LogP contribution in [0, 0.1) is 5.82 Å².